The SMILES string of the molecule is NS(=O)(=O)c1cccc(NC(=O)COC(=O)c2ccc(-c3cccc(C(F)(F)F)c3)o2)c1. The van der Waals surface area contributed by atoms with Crippen LogP contribution in [0.5, 0.6) is 0 Å². The van der Waals surface area contributed by atoms with Crippen LogP contribution in [0, 0.1) is 0 Å². The van der Waals surface area contributed by atoms with Gasteiger partial charge in [-0.25, -0.2) is 18.4 Å². The summed E-state index contributed by atoms with van der Waals surface area (Å²) in [5.41, 5.74) is -0.660. The maximum absolute atomic E-state index is 12.9. The number of nitrogens with one attached hydrogen (secondary N) is 1. The van der Waals surface area contributed by atoms with E-state index in [0.717, 1.165) is 18.2 Å². The maximum atomic E-state index is 12.9. The zero-order valence-corrected chi connectivity index (χ0v) is 16.9. The summed E-state index contributed by atoms with van der Waals surface area (Å²) < 4.78 is 71.3. The Balaban J connectivity index is 1.62. The molecule has 1 heterocycles. The first kappa shape index (κ1) is 23.0. The quantitative estimate of drug-likeness (QED) is 0.534. The lowest BCUT2D eigenvalue weighted by Crippen LogP contribution is -2.21. The normalized spacial score (nSPS) is 11.8. The molecule has 1 aromatic heterocycles. The minimum atomic E-state index is -4.54. The van der Waals surface area contributed by atoms with Gasteiger partial charge in [-0.15, -0.1) is 0 Å². The lowest BCUT2D eigenvalue weighted by molar-refractivity contribution is -0.137. The number of alkyl halides is 3. The van der Waals surface area contributed by atoms with Gasteiger partial charge in [0.2, 0.25) is 15.8 Å². The highest BCUT2D eigenvalue weighted by molar-refractivity contribution is 7.89. The van der Waals surface area contributed by atoms with Crippen LogP contribution in [0.1, 0.15) is 16.1 Å². The van der Waals surface area contributed by atoms with Crippen LogP contribution in [0.4, 0.5) is 18.9 Å². The Morgan fingerprint density at radius 2 is 1.75 bits per heavy atom. The van der Waals surface area contributed by atoms with Gasteiger partial charge in [-0.1, -0.05) is 18.2 Å². The van der Waals surface area contributed by atoms with Crippen LogP contribution in [-0.2, 0) is 25.7 Å². The molecule has 32 heavy (non-hydrogen) atoms. The lowest BCUT2D eigenvalue weighted by atomic mass is 10.1. The van der Waals surface area contributed by atoms with E-state index in [2.05, 4.69) is 5.32 Å². The molecule has 0 bridgehead atoms. The topological polar surface area (TPSA) is 129 Å². The van der Waals surface area contributed by atoms with Gasteiger partial charge >= 0.3 is 12.1 Å². The second kappa shape index (κ2) is 8.85. The fourth-order valence-corrected chi connectivity index (χ4v) is 3.16. The van der Waals surface area contributed by atoms with Crippen LogP contribution in [0.2, 0.25) is 0 Å². The summed E-state index contributed by atoms with van der Waals surface area (Å²) in [5.74, 6) is -2.10. The van der Waals surface area contributed by atoms with Gasteiger partial charge in [-0.2, -0.15) is 13.2 Å². The number of furan rings is 1. The van der Waals surface area contributed by atoms with Gasteiger partial charge in [0.1, 0.15) is 5.76 Å². The molecule has 0 saturated carbocycles. The van der Waals surface area contributed by atoms with E-state index in [0.29, 0.717) is 0 Å². The van der Waals surface area contributed by atoms with Crippen molar-refractivity contribution in [3.63, 3.8) is 0 Å². The number of nitrogens with two attached hydrogens (primary N) is 1. The molecule has 0 unspecified atom stereocenters. The van der Waals surface area contributed by atoms with Crippen molar-refractivity contribution in [3.8, 4) is 11.3 Å². The van der Waals surface area contributed by atoms with E-state index in [9.17, 15) is 31.2 Å². The minimum absolute atomic E-state index is 0.00677. The lowest BCUT2D eigenvalue weighted by Gasteiger charge is -2.07. The summed E-state index contributed by atoms with van der Waals surface area (Å²) in [4.78, 5) is 23.8. The van der Waals surface area contributed by atoms with E-state index in [4.69, 9.17) is 14.3 Å². The number of benzene rings is 2. The van der Waals surface area contributed by atoms with Crippen LogP contribution in [0.15, 0.2) is 70.0 Å². The Morgan fingerprint density at radius 1 is 1.03 bits per heavy atom. The van der Waals surface area contributed by atoms with Crippen LogP contribution in [-0.4, -0.2) is 26.9 Å². The second-order valence-corrected chi connectivity index (χ2v) is 8.00. The number of ether oxygens (including phenoxy) is 1. The largest absolute Gasteiger partial charge is 0.450 e. The molecule has 0 spiro atoms. The molecule has 0 aliphatic rings. The number of amides is 1. The van der Waals surface area contributed by atoms with Gasteiger partial charge in [0.05, 0.1) is 10.5 Å². The number of halogens is 3. The highest BCUT2D eigenvalue weighted by Crippen LogP contribution is 2.32. The van der Waals surface area contributed by atoms with E-state index in [1.54, 1.807) is 0 Å². The third-order valence-electron chi connectivity index (χ3n) is 4.06. The van der Waals surface area contributed by atoms with Crippen LogP contribution < -0.4 is 10.5 Å². The third-order valence-corrected chi connectivity index (χ3v) is 4.97. The molecule has 3 aromatic rings. The van der Waals surface area contributed by atoms with Crippen molar-refractivity contribution < 1.29 is 40.3 Å². The summed E-state index contributed by atoms with van der Waals surface area (Å²) in [6.45, 7) is -0.724. The Kier molecular flexibility index (Phi) is 6.37. The molecule has 0 fully saturated rings. The number of carbonyl (C=O) groups excluding carboxylic acids is 2. The van der Waals surface area contributed by atoms with Gasteiger partial charge in [0.15, 0.2) is 6.61 Å². The van der Waals surface area contributed by atoms with Crippen LogP contribution >= 0.6 is 0 Å². The fourth-order valence-electron chi connectivity index (χ4n) is 2.60. The summed E-state index contributed by atoms with van der Waals surface area (Å²) in [6, 6.07) is 12.0. The molecule has 0 saturated heterocycles. The monoisotopic (exact) mass is 468 g/mol. The number of anilines is 1. The van der Waals surface area contributed by atoms with Crippen LogP contribution in [0.3, 0.4) is 0 Å². The van der Waals surface area contributed by atoms with E-state index < -0.39 is 40.2 Å². The predicted octanol–water partition coefficient (Wildman–Crippen LogP) is 3.41. The van der Waals surface area contributed by atoms with Gasteiger partial charge < -0.3 is 14.5 Å². The number of rotatable bonds is 6. The smallest absolute Gasteiger partial charge is 0.416 e. The number of esters is 1. The van der Waals surface area contributed by atoms with E-state index in [-0.39, 0.29) is 27.7 Å². The van der Waals surface area contributed by atoms with Crippen molar-refractivity contribution in [3.05, 3.63) is 72.0 Å². The fraction of sp³-hybridized carbons (Fsp3) is 0.100. The molecule has 12 heteroatoms. The Hall–Kier alpha value is -3.64. The highest BCUT2D eigenvalue weighted by Gasteiger charge is 2.30. The number of hydrogen-bond donors (Lipinski definition) is 2. The summed E-state index contributed by atoms with van der Waals surface area (Å²) in [6.07, 6.45) is -4.54. The standard InChI is InChI=1S/C20H15F3N2O6S/c21-20(22,23)13-4-1-3-12(9-13)16-7-8-17(31-16)19(27)30-11-18(26)25-14-5-2-6-15(10-14)32(24,28)29/h1-10H,11H2,(H,25,26)(H2,24,28,29). The Bertz CT molecular complexity index is 1270. The Morgan fingerprint density at radius 3 is 2.44 bits per heavy atom. The van der Waals surface area contributed by atoms with Crippen LogP contribution in [0.25, 0.3) is 11.3 Å². The van der Waals surface area contributed by atoms with E-state index in [1.807, 2.05) is 0 Å². The van der Waals surface area contributed by atoms with E-state index >= 15 is 0 Å². The van der Waals surface area contributed by atoms with Gasteiger partial charge in [-0.05, 0) is 42.5 Å². The first-order valence-corrected chi connectivity index (χ1v) is 10.4. The molecule has 0 aliphatic carbocycles. The second-order valence-electron chi connectivity index (χ2n) is 6.44. The summed E-state index contributed by atoms with van der Waals surface area (Å²) in [7, 11) is -3.97. The summed E-state index contributed by atoms with van der Waals surface area (Å²) >= 11 is 0. The predicted molar refractivity (Wildman–Crippen MR) is 106 cm³/mol. The first-order chi connectivity index (χ1) is 14.9. The van der Waals surface area contributed by atoms with Gasteiger partial charge in [-0.3, -0.25) is 4.79 Å². The van der Waals surface area contributed by atoms with Gasteiger partial charge in [0, 0.05) is 11.3 Å². The number of hydrogen-bond acceptors (Lipinski definition) is 6. The van der Waals surface area contributed by atoms with Crippen molar-refractivity contribution in [1.82, 2.24) is 0 Å². The highest BCUT2D eigenvalue weighted by atomic mass is 32.2. The number of carbonyl (C=O) groups is 2. The molecule has 3 rings (SSSR count). The molecule has 0 radical (unpaired) electrons. The molecule has 0 aliphatic heterocycles. The zero-order chi connectivity index (χ0) is 23.5. The van der Waals surface area contributed by atoms with Crippen molar-refractivity contribution in [2.45, 2.75) is 11.1 Å². The molecule has 3 N–H and O–H groups in total. The first-order valence-electron chi connectivity index (χ1n) is 8.81. The number of primary sulfonamides is 1. The average Bonchev–Trinajstić information content (AvgIpc) is 3.21. The molecule has 1 amide bonds. The van der Waals surface area contributed by atoms with E-state index in [1.165, 1.54) is 42.5 Å². The zero-order valence-electron chi connectivity index (χ0n) is 16.0. The Labute approximate surface area is 179 Å². The molecular weight excluding hydrogens is 453 g/mol. The third kappa shape index (κ3) is 5.74. The summed E-state index contributed by atoms with van der Waals surface area (Å²) in [5, 5.41) is 7.36. The molecule has 8 nitrogen and oxygen atoms in total. The molecule has 2 aromatic carbocycles. The van der Waals surface area contributed by atoms with Crippen molar-refractivity contribution in [2.24, 2.45) is 5.14 Å². The maximum Gasteiger partial charge on any atom is 0.416 e. The molecular formula is C20H15F3N2O6S. The average molecular weight is 468 g/mol. The van der Waals surface area contributed by atoms with Crippen molar-refractivity contribution in [1.29, 1.82) is 0 Å². The number of sulfonamides is 1. The van der Waals surface area contributed by atoms with Crippen molar-refractivity contribution in [2.75, 3.05) is 11.9 Å². The minimum Gasteiger partial charge on any atom is -0.450 e. The van der Waals surface area contributed by atoms with Crippen molar-refractivity contribution >= 4 is 27.6 Å². The molecule has 168 valence electrons. The molecule has 0 atom stereocenters. The van der Waals surface area contributed by atoms with Gasteiger partial charge in [0.25, 0.3) is 5.91 Å².